The second-order valence-corrected chi connectivity index (χ2v) is 9.82. The third-order valence-corrected chi connectivity index (χ3v) is 7.18. The van der Waals surface area contributed by atoms with Gasteiger partial charge < -0.3 is 14.6 Å². The van der Waals surface area contributed by atoms with E-state index in [1.807, 2.05) is 65.6 Å². The van der Waals surface area contributed by atoms with Gasteiger partial charge in [-0.25, -0.2) is 4.98 Å². The van der Waals surface area contributed by atoms with Crippen molar-refractivity contribution < 1.29 is 19.4 Å². The van der Waals surface area contributed by atoms with Crippen LogP contribution in [0.2, 0.25) is 0 Å². The van der Waals surface area contributed by atoms with Crippen molar-refractivity contribution in [2.24, 2.45) is 0 Å². The summed E-state index contributed by atoms with van der Waals surface area (Å²) in [4.78, 5) is 22.9. The fraction of sp³-hybridized carbons (Fsp3) is 0.281. The van der Waals surface area contributed by atoms with Crippen molar-refractivity contribution in [3.63, 3.8) is 0 Å². The molecule has 200 valence electrons. The normalized spacial score (nSPS) is 15.6. The molecule has 0 aliphatic carbocycles. The van der Waals surface area contributed by atoms with E-state index >= 15 is 0 Å². The van der Waals surface area contributed by atoms with Crippen LogP contribution < -0.4 is 9.47 Å². The summed E-state index contributed by atoms with van der Waals surface area (Å²) in [7, 11) is 0. The molecule has 1 atom stereocenters. The Morgan fingerprint density at radius 2 is 1.69 bits per heavy atom. The van der Waals surface area contributed by atoms with Crippen LogP contribution in [0, 0.1) is 6.92 Å². The summed E-state index contributed by atoms with van der Waals surface area (Å²) < 4.78 is 12.2. The number of hydrogen-bond donors (Lipinski definition) is 1. The molecular weight excluding hydrogens is 490 g/mol. The van der Waals surface area contributed by atoms with Crippen molar-refractivity contribution in [2.45, 2.75) is 52.0 Å². The Bertz CT molecular complexity index is 1400. The first-order valence-corrected chi connectivity index (χ1v) is 13.3. The van der Waals surface area contributed by atoms with Crippen LogP contribution in [-0.2, 0) is 24.6 Å². The molecule has 1 fully saturated rings. The van der Waals surface area contributed by atoms with Gasteiger partial charge in [0.05, 0.1) is 0 Å². The molecule has 0 bridgehead atoms. The van der Waals surface area contributed by atoms with E-state index in [1.54, 1.807) is 6.20 Å². The van der Waals surface area contributed by atoms with Gasteiger partial charge in [0.2, 0.25) is 5.88 Å². The van der Waals surface area contributed by atoms with E-state index in [2.05, 4.69) is 35.1 Å². The van der Waals surface area contributed by atoms with E-state index in [1.165, 1.54) is 0 Å². The number of hydrogen-bond acceptors (Lipinski definition) is 6. The van der Waals surface area contributed by atoms with Gasteiger partial charge in [0.15, 0.2) is 0 Å². The molecule has 5 rings (SSSR count). The predicted molar refractivity (Wildman–Crippen MR) is 149 cm³/mol. The molecule has 0 radical (unpaired) electrons. The fourth-order valence-corrected chi connectivity index (χ4v) is 5.00. The molecular formula is C32H33N3O4. The zero-order chi connectivity index (χ0) is 27.0. The van der Waals surface area contributed by atoms with Crippen molar-refractivity contribution in [3.05, 3.63) is 107 Å². The number of ether oxygens (including phenoxy) is 2. The lowest BCUT2D eigenvalue weighted by molar-refractivity contribution is -0.144. The SMILES string of the molecule is Cc1c(COc2ncc(CN3CCCCC3C(=O)O)c(OCc3ccccc3)n2)cccc1-c1ccccc1. The summed E-state index contributed by atoms with van der Waals surface area (Å²) in [5.41, 5.74) is 6.27. The first-order chi connectivity index (χ1) is 19.1. The van der Waals surface area contributed by atoms with Crippen molar-refractivity contribution in [2.75, 3.05) is 6.54 Å². The zero-order valence-electron chi connectivity index (χ0n) is 22.1. The number of aliphatic carboxylic acids is 1. The van der Waals surface area contributed by atoms with Crippen LogP contribution in [-0.4, -0.2) is 38.5 Å². The van der Waals surface area contributed by atoms with E-state index in [0.717, 1.165) is 46.2 Å². The fourth-order valence-electron chi connectivity index (χ4n) is 5.00. The lowest BCUT2D eigenvalue weighted by Gasteiger charge is -2.32. The molecule has 39 heavy (non-hydrogen) atoms. The number of piperidine rings is 1. The highest BCUT2D eigenvalue weighted by Gasteiger charge is 2.29. The lowest BCUT2D eigenvalue weighted by atomic mass is 9.97. The summed E-state index contributed by atoms with van der Waals surface area (Å²) in [6.45, 7) is 3.86. The number of benzene rings is 3. The van der Waals surface area contributed by atoms with Crippen molar-refractivity contribution in [1.82, 2.24) is 14.9 Å². The molecule has 0 spiro atoms. The van der Waals surface area contributed by atoms with Crippen LogP contribution in [0.3, 0.4) is 0 Å². The maximum atomic E-state index is 11.8. The molecule has 7 nitrogen and oxygen atoms in total. The number of rotatable bonds is 10. The smallest absolute Gasteiger partial charge is 0.320 e. The maximum Gasteiger partial charge on any atom is 0.320 e. The van der Waals surface area contributed by atoms with Gasteiger partial charge >= 0.3 is 12.0 Å². The van der Waals surface area contributed by atoms with Crippen LogP contribution in [0.25, 0.3) is 11.1 Å². The Morgan fingerprint density at radius 3 is 2.46 bits per heavy atom. The number of carboxylic acids is 1. The number of nitrogens with zero attached hydrogens (tertiary/aromatic N) is 3. The third-order valence-electron chi connectivity index (χ3n) is 7.18. The van der Waals surface area contributed by atoms with Crippen LogP contribution in [0.5, 0.6) is 11.9 Å². The Balaban J connectivity index is 1.36. The maximum absolute atomic E-state index is 11.8. The third kappa shape index (κ3) is 6.62. The minimum Gasteiger partial charge on any atom is -0.480 e. The highest BCUT2D eigenvalue weighted by atomic mass is 16.5. The van der Waals surface area contributed by atoms with Gasteiger partial charge in [-0.15, -0.1) is 0 Å². The number of likely N-dealkylation sites (tertiary alicyclic amines) is 1. The Labute approximate surface area is 229 Å². The standard InChI is InChI=1S/C32H33N3O4/c1-23-26(15-10-16-28(23)25-13-6-3-7-14-25)22-39-32-33-19-27(20-35-18-9-8-17-29(35)31(36)37)30(34-32)38-21-24-11-4-2-5-12-24/h2-7,10-16,19,29H,8-9,17-18,20-22H2,1H3,(H,36,37). The second-order valence-electron chi connectivity index (χ2n) is 9.82. The monoisotopic (exact) mass is 523 g/mol. The summed E-state index contributed by atoms with van der Waals surface area (Å²) in [5, 5.41) is 9.72. The molecule has 1 saturated heterocycles. The molecule has 1 aliphatic heterocycles. The number of carbonyl (C=O) groups is 1. The van der Waals surface area contributed by atoms with Crippen LogP contribution >= 0.6 is 0 Å². The topological polar surface area (TPSA) is 84.8 Å². The van der Waals surface area contributed by atoms with Gasteiger partial charge in [-0.2, -0.15) is 4.98 Å². The molecule has 1 aromatic heterocycles. The van der Waals surface area contributed by atoms with Gasteiger partial charge in [0.25, 0.3) is 0 Å². The summed E-state index contributed by atoms with van der Waals surface area (Å²) >= 11 is 0. The second kappa shape index (κ2) is 12.5. The summed E-state index contributed by atoms with van der Waals surface area (Å²) in [5.74, 6) is -0.385. The van der Waals surface area contributed by atoms with E-state index in [-0.39, 0.29) is 6.01 Å². The van der Waals surface area contributed by atoms with Gasteiger partial charge in [-0.1, -0.05) is 85.3 Å². The van der Waals surface area contributed by atoms with Crippen molar-refractivity contribution >= 4 is 5.97 Å². The van der Waals surface area contributed by atoms with Gasteiger partial charge in [-0.3, -0.25) is 9.69 Å². The Kier molecular flexibility index (Phi) is 8.48. The molecule has 1 N–H and O–H groups in total. The molecule has 2 heterocycles. The van der Waals surface area contributed by atoms with Crippen molar-refractivity contribution in [3.8, 4) is 23.0 Å². The average Bonchev–Trinajstić information content (AvgIpc) is 2.97. The zero-order valence-corrected chi connectivity index (χ0v) is 22.1. The van der Waals surface area contributed by atoms with Crippen LogP contribution in [0.4, 0.5) is 0 Å². The summed E-state index contributed by atoms with van der Waals surface area (Å²) in [6.07, 6.45) is 4.22. The van der Waals surface area contributed by atoms with Crippen molar-refractivity contribution in [1.29, 1.82) is 0 Å². The number of aromatic nitrogens is 2. The molecule has 4 aromatic rings. The van der Waals surface area contributed by atoms with E-state index in [0.29, 0.717) is 38.6 Å². The van der Waals surface area contributed by atoms with E-state index < -0.39 is 12.0 Å². The Hall–Kier alpha value is -4.23. The minimum atomic E-state index is -0.796. The lowest BCUT2D eigenvalue weighted by Crippen LogP contribution is -2.44. The van der Waals surface area contributed by atoms with Gasteiger partial charge in [-0.05, 0) is 54.1 Å². The molecule has 1 unspecified atom stereocenters. The average molecular weight is 524 g/mol. The molecule has 3 aromatic carbocycles. The van der Waals surface area contributed by atoms with Gasteiger partial charge in [0, 0.05) is 18.3 Å². The molecule has 0 saturated carbocycles. The van der Waals surface area contributed by atoms with Crippen LogP contribution in [0.1, 0.15) is 41.5 Å². The summed E-state index contributed by atoms with van der Waals surface area (Å²) in [6, 6.07) is 26.0. The largest absolute Gasteiger partial charge is 0.480 e. The van der Waals surface area contributed by atoms with Crippen LogP contribution in [0.15, 0.2) is 85.1 Å². The predicted octanol–water partition coefficient (Wildman–Crippen LogP) is 6.05. The number of carboxylic acid groups (broad SMARTS) is 1. The van der Waals surface area contributed by atoms with Gasteiger partial charge in [0.1, 0.15) is 19.3 Å². The first-order valence-electron chi connectivity index (χ1n) is 13.3. The quantitative estimate of drug-likeness (QED) is 0.271. The molecule has 1 aliphatic rings. The Morgan fingerprint density at radius 1 is 0.923 bits per heavy atom. The first kappa shape index (κ1) is 26.4. The highest BCUT2D eigenvalue weighted by Crippen LogP contribution is 2.28. The molecule has 7 heteroatoms. The minimum absolute atomic E-state index is 0.222. The van der Waals surface area contributed by atoms with E-state index in [4.69, 9.17) is 9.47 Å². The highest BCUT2D eigenvalue weighted by molar-refractivity contribution is 5.73. The van der Waals surface area contributed by atoms with E-state index in [9.17, 15) is 9.90 Å². The molecule has 0 amide bonds.